The van der Waals surface area contributed by atoms with Gasteiger partial charge in [0.2, 0.25) is 5.91 Å². The quantitative estimate of drug-likeness (QED) is 0.818. The monoisotopic (exact) mass is 331 g/mol. The van der Waals surface area contributed by atoms with Crippen LogP contribution in [0, 0.1) is 0 Å². The summed E-state index contributed by atoms with van der Waals surface area (Å²) in [6.45, 7) is 4.32. The minimum absolute atomic E-state index is 0.0470. The molecule has 0 N–H and O–H groups in total. The van der Waals surface area contributed by atoms with E-state index in [4.69, 9.17) is 16.3 Å². The Morgan fingerprint density at radius 2 is 1.83 bits per heavy atom. The summed E-state index contributed by atoms with van der Waals surface area (Å²) >= 11 is 6.06. The Morgan fingerprint density at radius 1 is 1.17 bits per heavy atom. The molecule has 0 aromatic heterocycles. The van der Waals surface area contributed by atoms with Crippen molar-refractivity contribution in [1.29, 1.82) is 0 Å². The highest BCUT2D eigenvalue weighted by molar-refractivity contribution is 6.30. The van der Waals surface area contributed by atoms with E-state index in [9.17, 15) is 4.79 Å². The fourth-order valence-electron chi connectivity index (χ4n) is 2.65. The van der Waals surface area contributed by atoms with Gasteiger partial charge in [-0.3, -0.25) is 4.79 Å². The normalized spacial score (nSPS) is 11.2. The summed E-state index contributed by atoms with van der Waals surface area (Å²) < 4.78 is 5.35. The van der Waals surface area contributed by atoms with Crippen molar-refractivity contribution < 1.29 is 9.53 Å². The van der Waals surface area contributed by atoms with E-state index in [1.807, 2.05) is 56.3 Å². The lowest BCUT2D eigenvalue weighted by Crippen LogP contribution is -2.41. The van der Waals surface area contributed by atoms with Crippen molar-refractivity contribution in [2.24, 2.45) is 0 Å². The van der Waals surface area contributed by atoms with E-state index in [1.165, 1.54) is 0 Å². The summed E-state index contributed by atoms with van der Waals surface area (Å²) in [4.78, 5) is 14.6. The van der Waals surface area contributed by atoms with Crippen LogP contribution in [0.5, 0.6) is 5.75 Å². The van der Waals surface area contributed by atoms with Crippen molar-refractivity contribution in [3.63, 3.8) is 0 Å². The van der Waals surface area contributed by atoms with E-state index in [-0.39, 0.29) is 5.91 Å². The van der Waals surface area contributed by atoms with Crippen molar-refractivity contribution >= 4 is 17.5 Å². The van der Waals surface area contributed by atoms with Crippen LogP contribution in [0.1, 0.15) is 25.0 Å². The van der Waals surface area contributed by atoms with E-state index in [0.717, 1.165) is 16.9 Å². The molecule has 0 saturated carbocycles. The Balaban J connectivity index is 2.22. The molecule has 0 atom stereocenters. The van der Waals surface area contributed by atoms with E-state index in [2.05, 4.69) is 0 Å². The van der Waals surface area contributed by atoms with Crippen molar-refractivity contribution in [3.8, 4) is 5.75 Å². The molecule has 122 valence electrons. The number of hydrogen-bond acceptors (Lipinski definition) is 2. The van der Waals surface area contributed by atoms with Crippen LogP contribution < -0.4 is 4.74 Å². The maximum absolute atomic E-state index is 12.9. The zero-order valence-electron chi connectivity index (χ0n) is 14.0. The topological polar surface area (TPSA) is 29.5 Å². The van der Waals surface area contributed by atoms with Crippen LogP contribution in [-0.4, -0.2) is 25.0 Å². The van der Waals surface area contributed by atoms with Gasteiger partial charge in [-0.05, 0) is 37.6 Å². The molecular weight excluding hydrogens is 310 g/mol. The van der Waals surface area contributed by atoms with Gasteiger partial charge in [-0.2, -0.15) is 0 Å². The molecule has 1 amide bonds. The Kier molecular flexibility index (Phi) is 5.32. The molecule has 0 aliphatic rings. The highest BCUT2D eigenvalue weighted by atomic mass is 35.5. The van der Waals surface area contributed by atoms with Crippen molar-refractivity contribution in [2.45, 2.75) is 25.8 Å². The number of carbonyl (C=O) groups excluding carboxylic acids is 1. The number of benzene rings is 2. The van der Waals surface area contributed by atoms with E-state index < -0.39 is 5.41 Å². The van der Waals surface area contributed by atoms with Gasteiger partial charge in [0.05, 0.1) is 12.5 Å². The van der Waals surface area contributed by atoms with Gasteiger partial charge in [-0.15, -0.1) is 0 Å². The maximum Gasteiger partial charge on any atom is 0.232 e. The molecule has 0 heterocycles. The molecule has 0 unspecified atom stereocenters. The second kappa shape index (κ2) is 7.05. The van der Waals surface area contributed by atoms with Crippen LogP contribution >= 0.6 is 11.6 Å². The second-order valence-electron chi connectivity index (χ2n) is 6.11. The Labute approximate surface area is 142 Å². The standard InChI is InChI=1S/C19H22ClNO2/c1-19(2,15-8-6-5-7-9-15)18(22)21(3)13-14-12-16(20)10-11-17(14)23-4/h5-12H,13H2,1-4H3. The van der Waals surface area contributed by atoms with Gasteiger partial charge in [-0.1, -0.05) is 41.9 Å². The van der Waals surface area contributed by atoms with Crippen molar-refractivity contribution in [2.75, 3.05) is 14.2 Å². The number of nitrogens with zero attached hydrogens (tertiary/aromatic N) is 1. The molecule has 3 nitrogen and oxygen atoms in total. The third-order valence-electron chi connectivity index (χ3n) is 4.03. The SMILES string of the molecule is COc1ccc(Cl)cc1CN(C)C(=O)C(C)(C)c1ccccc1. The number of hydrogen-bond donors (Lipinski definition) is 0. The molecule has 23 heavy (non-hydrogen) atoms. The van der Waals surface area contributed by atoms with Crippen molar-refractivity contribution in [3.05, 3.63) is 64.7 Å². The number of halogens is 1. The average Bonchev–Trinajstić information content (AvgIpc) is 2.55. The van der Waals surface area contributed by atoms with Crippen LogP contribution in [0.15, 0.2) is 48.5 Å². The summed E-state index contributed by atoms with van der Waals surface area (Å²) in [5, 5.41) is 0.629. The predicted molar refractivity (Wildman–Crippen MR) is 93.9 cm³/mol. The van der Waals surface area contributed by atoms with E-state index in [1.54, 1.807) is 25.1 Å². The van der Waals surface area contributed by atoms with Crippen LogP contribution in [0.2, 0.25) is 5.02 Å². The highest BCUT2D eigenvalue weighted by Crippen LogP contribution is 2.28. The molecule has 2 aromatic carbocycles. The molecular formula is C19H22ClNO2. The number of rotatable bonds is 5. The number of amides is 1. The van der Waals surface area contributed by atoms with Gasteiger partial charge >= 0.3 is 0 Å². The third kappa shape index (κ3) is 3.85. The summed E-state index contributed by atoms with van der Waals surface area (Å²) in [5.41, 5.74) is 1.29. The summed E-state index contributed by atoms with van der Waals surface area (Å²) in [6, 6.07) is 15.2. The first-order valence-electron chi connectivity index (χ1n) is 7.49. The molecule has 4 heteroatoms. The fourth-order valence-corrected chi connectivity index (χ4v) is 2.85. The molecule has 2 rings (SSSR count). The summed E-state index contributed by atoms with van der Waals surface area (Å²) in [6.07, 6.45) is 0. The Hall–Kier alpha value is -2.00. The maximum atomic E-state index is 12.9. The molecule has 0 radical (unpaired) electrons. The molecule has 2 aromatic rings. The van der Waals surface area contributed by atoms with Gasteiger partial charge in [0.1, 0.15) is 5.75 Å². The third-order valence-corrected chi connectivity index (χ3v) is 4.26. The van der Waals surface area contributed by atoms with Crippen molar-refractivity contribution in [1.82, 2.24) is 4.90 Å². The lowest BCUT2D eigenvalue weighted by atomic mass is 9.83. The number of methoxy groups -OCH3 is 1. The first-order valence-corrected chi connectivity index (χ1v) is 7.87. The summed E-state index contributed by atoms with van der Waals surface area (Å²) in [5.74, 6) is 0.775. The second-order valence-corrected chi connectivity index (χ2v) is 6.54. The van der Waals surface area contributed by atoms with Crippen LogP contribution in [0.3, 0.4) is 0 Å². The van der Waals surface area contributed by atoms with Gasteiger partial charge in [0.25, 0.3) is 0 Å². The minimum atomic E-state index is -0.595. The number of carbonyl (C=O) groups is 1. The molecule has 0 aliphatic heterocycles. The zero-order chi connectivity index (χ0) is 17.0. The largest absolute Gasteiger partial charge is 0.496 e. The molecule has 0 spiro atoms. The fraction of sp³-hybridized carbons (Fsp3) is 0.316. The van der Waals surface area contributed by atoms with Crippen LogP contribution in [-0.2, 0) is 16.8 Å². The minimum Gasteiger partial charge on any atom is -0.496 e. The molecule has 0 fully saturated rings. The Morgan fingerprint density at radius 3 is 2.43 bits per heavy atom. The van der Waals surface area contributed by atoms with E-state index >= 15 is 0 Å². The van der Waals surface area contributed by atoms with Gasteiger partial charge in [-0.25, -0.2) is 0 Å². The first kappa shape index (κ1) is 17.4. The number of likely N-dealkylation sites (N-methyl/N-ethyl adjacent to an activating group) is 1. The molecule has 0 saturated heterocycles. The molecule has 0 aliphatic carbocycles. The van der Waals surface area contributed by atoms with Gasteiger partial charge in [0.15, 0.2) is 0 Å². The average molecular weight is 332 g/mol. The Bertz CT molecular complexity index is 683. The zero-order valence-corrected chi connectivity index (χ0v) is 14.7. The lowest BCUT2D eigenvalue weighted by Gasteiger charge is -2.30. The van der Waals surface area contributed by atoms with Crippen LogP contribution in [0.4, 0.5) is 0 Å². The van der Waals surface area contributed by atoms with Gasteiger partial charge in [0, 0.05) is 24.2 Å². The smallest absolute Gasteiger partial charge is 0.232 e. The highest BCUT2D eigenvalue weighted by Gasteiger charge is 2.32. The summed E-state index contributed by atoms with van der Waals surface area (Å²) in [7, 11) is 3.41. The van der Waals surface area contributed by atoms with Gasteiger partial charge < -0.3 is 9.64 Å². The predicted octanol–water partition coefficient (Wildman–Crippen LogP) is 4.28. The van der Waals surface area contributed by atoms with E-state index in [0.29, 0.717) is 11.6 Å². The molecule has 0 bridgehead atoms. The lowest BCUT2D eigenvalue weighted by molar-refractivity contribution is -0.135. The van der Waals surface area contributed by atoms with Crippen LogP contribution in [0.25, 0.3) is 0 Å². The first-order chi connectivity index (χ1) is 10.9. The number of ether oxygens (including phenoxy) is 1.